The summed E-state index contributed by atoms with van der Waals surface area (Å²) in [5, 5.41) is 6.06. The average Bonchev–Trinajstić information content (AvgIpc) is 3.33. The summed E-state index contributed by atoms with van der Waals surface area (Å²) < 4.78 is 5.37. The number of nitrogens with zero attached hydrogens (tertiary/aromatic N) is 4. The molecule has 1 fully saturated rings. The van der Waals surface area contributed by atoms with E-state index in [9.17, 15) is 4.79 Å². The van der Waals surface area contributed by atoms with E-state index in [0.29, 0.717) is 30.6 Å². The molecule has 0 radical (unpaired) electrons. The number of hydrogen-bond acceptors (Lipinski definition) is 6. The van der Waals surface area contributed by atoms with Crippen LogP contribution >= 0.6 is 11.3 Å². The average molecular weight is 377 g/mol. The first-order valence-corrected chi connectivity index (χ1v) is 10.5. The maximum absolute atomic E-state index is 12.3. The van der Waals surface area contributed by atoms with Gasteiger partial charge < -0.3 is 9.42 Å². The van der Waals surface area contributed by atoms with Crippen molar-refractivity contribution in [3.05, 3.63) is 23.4 Å². The van der Waals surface area contributed by atoms with Crippen LogP contribution in [0.25, 0.3) is 10.7 Å². The lowest BCUT2D eigenvalue weighted by atomic mass is 10.1. The number of piperazine rings is 1. The van der Waals surface area contributed by atoms with E-state index in [1.165, 1.54) is 25.7 Å². The van der Waals surface area contributed by atoms with Gasteiger partial charge in [-0.15, -0.1) is 11.3 Å². The SMILES string of the molecule is CCCCCCCC(=O)N1CCN(Cc2nc(-c3cccs3)no2)CC1. The number of unbranched alkanes of at least 4 members (excludes halogenated alkanes) is 4. The summed E-state index contributed by atoms with van der Waals surface area (Å²) >= 11 is 1.61. The van der Waals surface area contributed by atoms with Crippen LogP contribution < -0.4 is 0 Å². The van der Waals surface area contributed by atoms with Crippen molar-refractivity contribution in [1.29, 1.82) is 0 Å². The van der Waals surface area contributed by atoms with Gasteiger partial charge in [0.25, 0.3) is 0 Å². The van der Waals surface area contributed by atoms with E-state index in [2.05, 4.69) is 22.0 Å². The third kappa shape index (κ3) is 5.38. The number of thiophene rings is 1. The maximum Gasteiger partial charge on any atom is 0.241 e. The molecule has 0 saturated carbocycles. The van der Waals surface area contributed by atoms with Crippen molar-refractivity contribution in [1.82, 2.24) is 19.9 Å². The molecule has 0 N–H and O–H groups in total. The maximum atomic E-state index is 12.3. The molecule has 0 unspecified atom stereocenters. The number of aromatic nitrogens is 2. The van der Waals surface area contributed by atoms with Gasteiger partial charge in [0, 0.05) is 32.6 Å². The second-order valence-electron chi connectivity index (χ2n) is 6.81. The summed E-state index contributed by atoms with van der Waals surface area (Å²) in [5.41, 5.74) is 0. The number of hydrogen-bond donors (Lipinski definition) is 0. The van der Waals surface area contributed by atoms with Crippen LogP contribution in [0, 0.1) is 0 Å². The van der Waals surface area contributed by atoms with E-state index >= 15 is 0 Å². The van der Waals surface area contributed by atoms with E-state index in [1.54, 1.807) is 11.3 Å². The van der Waals surface area contributed by atoms with Gasteiger partial charge in [0.2, 0.25) is 17.6 Å². The Morgan fingerprint density at radius 1 is 1.19 bits per heavy atom. The fourth-order valence-electron chi connectivity index (χ4n) is 3.21. The number of carbonyl (C=O) groups is 1. The summed E-state index contributed by atoms with van der Waals surface area (Å²) in [6, 6.07) is 3.97. The molecule has 0 aromatic carbocycles. The van der Waals surface area contributed by atoms with Crippen molar-refractivity contribution >= 4 is 17.2 Å². The highest BCUT2D eigenvalue weighted by atomic mass is 32.1. The summed E-state index contributed by atoms with van der Waals surface area (Å²) in [5.74, 6) is 1.61. The van der Waals surface area contributed by atoms with Gasteiger partial charge in [-0.25, -0.2) is 0 Å². The van der Waals surface area contributed by atoms with Crippen molar-refractivity contribution in [2.24, 2.45) is 0 Å². The van der Waals surface area contributed by atoms with Crippen molar-refractivity contribution < 1.29 is 9.32 Å². The number of amides is 1. The molecule has 0 atom stereocenters. The van der Waals surface area contributed by atoms with Crippen LogP contribution in [-0.4, -0.2) is 52.0 Å². The minimum Gasteiger partial charge on any atom is -0.340 e. The first-order valence-electron chi connectivity index (χ1n) is 9.63. The molecule has 3 heterocycles. The minimum absolute atomic E-state index is 0.305. The quantitative estimate of drug-likeness (QED) is 0.623. The van der Waals surface area contributed by atoms with Gasteiger partial charge in [-0.3, -0.25) is 9.69 Å². The van der Waals surface area contributed by atoms with Crippen LogP contribution in [0.4, 0.5) is 0 Å². The molecular weight excluding hydrogens is 348 g/mol. The molecule has 0 aliphatic carbocycles. The van der Waals surface area contributed by atoms with E-state index in [1.807, 2.05) is 22.4 Å². The third-order valence-electron chi connectivity index (χ3n) is 4.79. The molecule has 1 amide bonds. The Hall–Kier alpha value is -1.73. The number of carbonyl (C=O) groups excluding carboxylic acids is 1. The van der Waals surface area contributed by atoms with Crippen LogP contribution in [-0.2, 0) is 11.3 Å². The normalized spacial score (nSPS) is 15.5. The Bertz CT molecular complexity index is 663. The van der Waals surface area contributed by atoms with Crippen LogP contribution in [0.3, 0.4) is 0 Å². The van der Waals surface area contributed by atoms with E-state index in [0.717, 1.165) is 37.5 Å². The van der Waals surface area contributed by atoms with Gasteiger partial charge in [0.1, 0.15) is 0 Å². The lowest BCUT2D eigenvalue weighted by molar-refractivity contribution is -0.133. The van der Waals surface area contributed by atoms with Gasteiger partial charge in [-0.1, -0.05) is 43.8 Å². The third-order valence-corrected chi connectivity index (χ3v) is 5.65. The fraction of sp³-hybridized carbons (Fsp3) is 0.632. The minimum atomic E-state index is 0.305. The zero-order chi connectivity index (χ0) is 18.2. The monoisotopic (exact) mass is 376 g/mol. The molecule has 2 aromatic rings. The molecule has 1 aliphatic rings. The molecule has 26 heavy (non-hydrogen) atoms. The van der Waals surface area contributed by atoms with E-state index < -0.39 is 0 Å². The van der Waals surface area contributed by atoms with Gasteiger partial charge >= 0.3 is 0 Å². The Balaban J connectivity index is 1.38. The van der Waals surface area contributed by atoms with Crippen molar-refractivity contribution in [3.8, 4) is 10.7 Å². The lowest BCUT2D eigenvalue weighted by Crippen LogP contribution is -2.48. The van der Waals surface area contributed by atoms with Crippen LogP contribution in [0.5, 0.6) is 0 Å². The van der Waals surface area contributed by atoms with Gasteiger partial charge in [-0.05, 0) is 17.9 Å². The Morgan fingerprint density at radius 3 is 2.73 bits per heavy atom. The van der Waals surface area contributed by atoms with Gasteiger partial charge in [0.05, 0.1) is 11.4 Å². The standard InChI is InChI=1S/C19H28N4O2S/c1-2-3-4-5-6-9-18(24)23-12-10-22(11-13-23)15-17-20-19(21-25-17)16-8-7-14-26-16/h7-8,14H,2-6,9-13,15H2,1H3. The topological polar surface area (TPSA) is 62.5 Å². The zero-order valence-corrected chi connectivity index (χ0v) is 16.3. The van der Waals surface area contributed by atoms with E-state index in [4.69, 9.17) is 4.52 Å². The van der Waals surface area contributed by atoms with Gasteiger partial charge in [-0.2, -0.15) is 4.98 Å². The highest BCUT2D eigenvalue weighted by Gasteiger charge is 2.22. The molecule has 1 aliphatic heterocycles. The predicted octanol–water partition coefficient (Wildman–Crippen LogP) is 3.80. The number of rotatable bonds is 9. The molecule has 0 bridgehead atoms. The summed E-state index contributed by atoms with van der Waals surface area (Å²) in [6.45, 7) is 6.16. The van der Waals surface area contributed by atoms with Crippen molar-refractivity contribution in [2.45, 2.75) is 52.0 Å². The Morgan fingerprint density at radius 2 is 2.00 bits per heavy atom. The Kier molecular flexibility index (Phi) is 7.20. The molecule has 6 nitrogen and oxygen atoms in total. The largest absolute Gasteiger partial charge is 0.340 e. The van der Waals surface area contributed by atoms with Crippen LogP contribution in [0.1, 0.15) is 51.3 Å². The molecule has 2 aromatic heterocycles. The molecule has 0 spiro atoms. The van der Waals surface area contributed by atoms with Crippen LogP contribution in [0.2, 0.25) is 0 Å². The predicted molar refractivity (Wildman–Crippen MR) is 103 cm³/mol. The van der Waals surface area contributed by atoms with Crippen LogP contribution in [0.15, 0.2) is 22.0 Å². The molecular formula is C19H28N4O2S. The van der Waals surface area contributed by atoms with E-state index in [-0.39, 0.29) is 0 Å². The second-order valence-corrected chi connectivity index (χ2v) is 7.76. The lowest BCUT2D eigenvalue weighted by Gasteiger charge is -2.34. The first-order chi connectivity index (χ1) is 12.8. The first kappa shape index (κ1) is 19.0. The van der Waals surface area contributed by atoms with Crippen molar-refractivity contribution in [3.63, 3.8) is 0 Å². The van der Waals surface area contributed by atoms with Gasteiger partial charge in [0.15, 0.2) is 0 Å². The molecule has 3 rings (SSSR count). The molecule has 7 heteroatoms. The summed E-state index contributed by atoms with van der Waals surface area (Å²) in [6.07, 6.45) is 6.64. The smallest absolute Gasteiger partial charge is 0.241 e. The zero-order valence-electron chi connectivity index (χ0n) is 15.5. The second kappa shape index (κ2) is 9.83. The molecule has 1 saturated heterocycles. The molecule has 142 valence electrons. The highest BCUT2D eigenvalue weighted by Crippen LogP contribution is 2.21. The van der Waals surface area contributed by atoms with Crippen molar-refractivity contribution in [2.75, 3.05) is 26.2 Å². The summed E-state index contributed by atoms with van der Waals surface area (Å²) in [7, 11) is 0. The Labute approximate surface area is 159 Å². The highest BCUT2D eigenvalue weighted by molar-refractivity contribution is 7.13. The summed E-state index contributed by atoms with van der Waals surface area (Å²) in [4.78, 5) is 22.1. The fourth-order valence-corrected chi connectivity index (χ4v) is 3.86.